The predicted octanol–water partition coefficient (Wildman–Crippen LogP) is 4.16. The van der Waals surface area contributed by atoms with Crippen LogP contribution in [0.2, 0.25) is 0 Å². The summed E-state index contributed by atoms with van der Waals surface area (Å²) in [6.07, 6.45) is 0.952. The first-order chi connectivity index (χ1) is 9.63. The number of nitrogens with zero attached hydrogens (tertiary/aromatic N) is 1. The van der Waals surface area contributed by atoms with Crippen LogP contribution in [0.3, 0.4) is 0 Å². The van der Waals surface area contributed by atoms with Crippen molar-refractivity contribution >= 4 is 22.8 Å². The van der Waals surface area contributed by atoms with Gasteiger partial charge in [0.25, 0.3) is 0 Å². The largest absolute Gasteiger partial charge is 0.364 e. The molecule has 0 atom stereocenters. The fourth-order valence-electron chi connectivity index (χ4n) is 2.01. The first kappa shape index (κ1) is 14.7. The standard InChI is InChI=1S/C16H18FNOS/c1-3-14-9-10-16(20-14)15(19)11-18(4-2)13-7-5-12(17)6-8-13/h5-10H,3-4,11H2,1-2H3. The molecule has 0 saturated heterocycles. The van der Waals surface area contributed by atoms with E-state index in [9.17, 15) is 9.18 Å². The average molecular weight is 291 g/mol. The molecule has 0 aliphatic carbocycles. The summed E-state index contributed by atoms with van der Waals surface area (Å²) >= 11 is 1.55. The smallest absolute Gasteiger partial charge is 0.191 e. The van der Waals surface area contributed by atoms with Crippen molar-refractivity contribution in [2.45, 2.75) is 20.3 Å². The molecule has 0 aliphatic rings. The van der Waals surface area contributed by atoms with E-state index >= 15 is 0 Å². The lowest BCUT2D eigenvalue weighted by Crippen LogP contribution is -2.29. The maximum Gasteiger partial charge on any atom is 0.191 e. The minimum Gasteiger partial charge on any atom is -0.364 e. The van der Waals surface area contributed by atoms with E-state index in [0.717, 1.165) is 17.0 Å². The van der Waals surface area contributed by atoms with Gasteiger partial charge in [0, 0.05) is 17.1 Å². The van der Waals surface area contributed by atoms with Crippen molar-refractivity contribution in [2.24, 2.45) is 0 Å². The van der Waals surface area contributed by atoms with Gasteiger partial charge in [-0.05, 0) is 49.7 Å². The summed E-state index contributed by atoms with van der Waals surface area (Å²) in [5, 5.41) is 0. The molecule has 106 valence electrons. The van der Waals surface area contributed by atoms with Gasteiger partial charge in [0.05, 0.1) is 11.4 Å². The minimum atomic E-state index is -0.262. The maximum absolute atomic E-state index is 12.9. The third kappa shape index (κ3) is 3.45. The van der Waals surface area contributed by atoms with Crippen molar-refractivity contribution in [3.63, 3.8) is 0 Å². The lowest BCUT2D eigenvalue weighted by Gasteiger charge is -2.21. The Hall–Kier alpha value is -1.68. The van der Waals surface area contributed by atoms with Crippen molar-refractivity contribution in [1.82, 2.24) is 0 Å². The van der Waals surface area contributed by atoms with Crippen LogP contribution in [0.25, 0.3) is 0 Å². The van der Waals surface area contributed by atoms with E-state index in [1.165, 1.54) is 17.0 Å². The van der Waals surface area contributed by atoms with Crippen LogP contribution in [-0.4, -0.2) is 18.9 Å². The zero-order valence-corrected chi connectivity index (χ0v) is 12.5. The average Bonchev–Trinajstić information content (AvgIpc) is 2.94. The third-order valence-electron chi connectivity index (χ3n) is 3.19. The molecule has 2 nitrogen and oxygen atoms in total. The number of hydrogen-bond acceptors (Lipinski definition) is 3. The van der Waals surface area contributed by atoms with Gasteiger partial charge in [-0.3, -0.25) is 4.79 Å². The summed E-state index contributed by atoms with van der Waals surface area (Å²) in [4.78, 5) is 16.2. The molecule has 2 rings (SSSR count). The van der Waals surface area contributed by atoms with E-state index in [-0.39, 0.29) is 11.6 Å². The molecule has 0 spiro atoms. The van der Waals surface area contributed by atoms with Crippen molar-refractivity contribution in [3.8, 4) is 0 Å². The summed E-state index contributed by atoms with van der Waals surface area (Å²) < 4.78 is 12.9. The Kier molecular flexibility index (Phi) is 4.90. The van der Waals surface area contributed by atoms with Gasteiger partial charge in [-0.1, -0.05) is 6.92 Å². The second-order valence-corrected chi connectivity index (χ2v) is 5.70. The number of aryl methyl sites for hydroxylation is 1. The van der Waals surface area contributed by atoms with Crippen LogP contribution in [0.1, 0.15) is 28.4 Å². The molecule has 0 saturated carbocycles. The highest BCUT2D eigenvalue weighted by molar-refractivity contribution is 7.14. The molecule has 0 radical (unpaired) electrons. The number of hydrogen-bond donors (Lipinski definition) is 0. The number of halogens is 1. The van der Waals surface area contributed by atoms with Crippen LogP contribution in [-0.2, 0) is 6.42 Å². The van der Waals surface area contributed by atoms with E-state index < -0.39 is 0 Å². The molecular weight excluding hydrogens is 273 g/mol. The maximum atomic E-state index is 12.9. The zero-order valence-electron chi connectivity index (χ0n) is 11.7. The van der Waals surface area contributed by atoms with Gasteiger partial charge in [0.15, 0.2) is 5.78 Å². The quantitative estimate of drug-likeness (QED) is 0.745. The molecule has 20 heavy (non-hydrogen) atoms. The van der Waals surface area contributed by atoms with Crippen LogP contribution < -0.4 is 4.90 Å². The van der Waals surface area contributed by atoms with Gasteiger partial charge in [0.1, 0.15) is 5.82 Å². The Balaban J connectivity index is 2.09. The Bertz CT molecular complexity index is 576. The number of benzene rings is 1. The van der Waals surface area contributed by atoms with Gasteiger partial charge in [-0.25, -0.2) is 4.39 Å². The fraction of sp³-hybridized carbons (Fsp3) is 0.312. The summed E-state index contributed by atoms with van der Waals surface area (Å²) in [6.45, 7) is 5.11. The summed E-state index contributed by atoms with van der Waals surface area (Å²) in [5.74, 6) is -0.150. The van der Waals surface area contributed by atoms with E-state index in [1.807, 2.05) is 24.0 Å². The number of likely N-dealkylation sites (N-methyl/N-ethyl adjacent to an activating group) is 1. The molecular formula is C16H18FNOS. The monoisotopic (exact) mass is 291 g/mol. The number of carbonyl (C=O) groups is 1. The van der Waals surface area contributed by atoms with Gasteiger partial charge in [0.2, 0.25) is 0 Å². The number of rotatable bonds is 6. The molecule has 1 heterocycles. The highest BCUT2D eigenvalue weighted by Crippen LogP contribution is 2.20. The summed E-state index contributed by atoms with van der Waals surface area (Å²) in [5.41, 5.74) is 0.870. The highest BCUT2D eigenvalue weighted by Gasteiger charge is 2.14. The van der Waals surface area contributed by atoms with Crippen LogP contribution in [0.15, 0.2) is 36.4 Å². The first-order valence-electron chi connectivity index (χ1n) is 6.76. The zero-order chi connectivity index (χ0) is 14.5. The van der Waals surface area contributed by atoms with E-state index in [2.05, 4.69) is 6.92 Å². The first-order valence-corrected chi connectivity index (χ1v) is 7.58. The second-order valence-electron chi connectivity index (χ2n) is 4.53. The number of thiophene rings is 1. The SMILES string of the molecule is CCc1ccc(C(=O)CN(CC)c2ccc(F)cc2)s1. The van der Waals surface area contributed by atoms with Crippen LogP contribution in [0.5, 0.6) is 0 Å². The number of Topliss-reactive ketones (excluding diaryl/α,β-unsaturated/α-hetero) is 1. The molecule has 2 aromatic rings. The van der Waals surface area contributed by atoms with Crippen LogP contribution in [0.4, 0.5) is 10.1 Å². The molecule has 0 bridgehead atoms. The summed E-state index contributed by atoms with van der Waals surface area (Å²) in [7, 11) is 0. The normalized spacial score (nSPS) is 10.6. The topological polar surface area (TPSA) is 20.3 Å². The molecule has 0 aliphatic heterocycles. The van der Waals surface area contributed by atoms with Crippen LogP contribution in [0, 0.1) is 5.82 Å². The molecule has 4 heteroatoms. The predicted molar refractivity (Wildman–Crippen MR) is 82.3 cm³/mol. The number of anilines is 1. The van der Waals surface area contributed by atoms with Gasteiger partial charge in [-0.2, -0.15) is 0 Å². The third-order valence-corrected chi connectivity index (χ3v) is 4.46. The molecule has 0 fully saturated rings. The molecule has 1 aromatic heterocycles. The molecule has 0 N–H and O–H groups in total. The Labute approximate surface area is 122 Å². The lowest BCUT2D eigenvalue weighted by atomic mass is 10.2. The molecule has 0 amide bonds. The Morgan fingerprint density at radius 3 is 2.40 bits per heavy atom. The second kappa shape index (κ2) is 6.66. The van der Waals surface area contributed by atoms with Crippen molar-refractivity contribution in [2.75, 3.05) is 18.0 Å². The molecule has 0 unspecified atom stereocenters. The van der Waals surface area contributed by atoms with Gasteiger partial charge >= 0.3 is 0 Å². The number of ketones is 1. The van der Waals surface area contributed by atoms with E-state index in [4.69, 9.17) is 0 Å². The fourth-order valence-corrected chi connectivity index (χ4v) is 2.88. The molecule has 1 aromatic carbocycles. The van der Waals surface area contributed by atoms with Crippen molar-refractivity contribution < 1.29 is 9.18 Å². The summed E-state index contributed by atoms with van der Waals surface area (Å²) in [6, 6.07) is 10.2. The Morgan fingerprint density at radius 2 is 1.85 bits per heavy atom. The highest BCUT2D eigenvalue weighted by atomic mass is 32.1. The van der Waals surface area contributed by atoms with Crippen molar-refractivity contribution in [1.29, 1.82) is 0 Å². The van der Waals surface area contributed by atoms with E-state index in [1.54, 1.807) is 23.5 Å². The van der Waals surface area contributed by atoms with Crippen LogP contribution >= 0.6 is 11.3 Å². The lowest BCUT2D eigenvalue weighted by molar-refractivity contribution is 0.100. The van der Waals surface area contributed by atoms with E-state index in [0.29, 0.717) is 13.1 Å². The number of carbonyl (C=O) groups excluding carboxylic acids is 1. The minimum absolute atomic E-state index is 0.112. The Morgan fingerprint density at radius 1 is 1.15 bits per heavy atom. The van der Waals surface area contributed by atoms with Crippen molar-refractivity contribution in [3.05, 3.63) is 52.0 Å². The van der Waals surface area contributed by atoms with Gasteiger partial charge < -0.3 is 4.90 Å². The van der Waals surface area contributed by atoms with Gasteiger partial charge in [-0.15, -0.1) is 11.3 Å².